The quantitative estimate of drug-likeness (QED) is 0.130. The van der Waals surface area contributed by atoms with Crippen LogP contribution in [0.4, 0.5) is 11.6 Å². The van der Waals surface area contributed by atoms with Crippen molar-refractivity contribution in [2.24, 2.45) is 0 Å². The van der Waals surface area contributed by atoms with Gasteiger partial charge in [-0.25, -0.2) is 26.8 Å². The highest BCUT2D eigenvalue weighted by molar-refractivity contribution is 7.88. The number of H-pyrrole nitrogens is 1. The van der Waals surface area contributed by atoms with Gasteiger partial charge in [0.25, 0.3) is 11.1 Å². The van der Waals surface area contributed by atoms with Crippen molar-refractivity contribution in [3.63, 3.8) is 0 Å². The van der Waals surface area contributed by atoms with E-state index in [1.165, 1.54) is 21.1 Å². The Morgan fingerprint density at radius 2 is 1.04 bits per heavy atom. The third kappa shape index (κ3) is 18.3. The molecule has 0 bridgehead atoms. The summed E-state index contributed by atoms with van der Waals surface area (Å²) in [4.78, 5) is 41.2. The number of aromatic amines is 1. The molecular formula is C50H79BN8O12S2Si2. The minimum atomic E-state index is -3.28. The molecule has 75 heavy (non-hydrogen) atoms. The zero-order chi connectivity index (χ0) is 56.2. The van der Waals surface area contributed by atoms with Gasteiger partial charge >= 0.3 is 7.12 Å². The molecule has 4 aromatic rings. The van der Waals surface area contributed by atoms with Gasteiger partial charge in [0.1, 0.15) is 11.5 Å². The monoisotopic (exact) mass is 1110 g/mol. The van der Waals surface area contributed by atoms with Crippen LogP contribution in [0.25, 0.3) is 17.8 Å². The van der Waals surface area contributed by atoms with E-state index >= 15 is 0 Å². The van der Waals surface area contributed by atoms with Gasteiger partial charge in [-0.2, -0.15) is 8.61 Å². The Morgan fingerprint density at radius 1 is 0.640 bits per heavy atom. The van der Waals surface area contributed by atoms with Gasteiger partial charge in [0.15, 0.2) is 28.3 Å². The summed E-state index contributed by atoms with van der Waals surface area (Å²) in [7, 11) is -8.42. The Bertz CT molecular complexity index is 2890. The van der Waals surface area contributed by atoms with Crippen LogP contribution in [-0.2, 0) is 28.9 Å². The van der Waals surface area contributed by atoms with E-state index in [9.17, 15) is 26.4 Å². The maximum atomic E-state index is 13.5. The standard InChI is InChI=1S/C25H38N4O5SSi.C18H32N4O4SSi.C7H9BO3/c1-25(2,3)36(6,7)34-18-8-9-20-19-29(21-10-12-22(33-4)13-11-21)24(30)23(26-20)27-14-16-28(17-15-27)35(5,31)32;1-18(2,3)28(5,6)26-13-7-8-15-14-19-17(23)16(20-15)21-9-11-22(12-10-21)27(4,24)25;1-11-7-4-2-6(3-5-7)8(9)10/h8-13,19H,14-18H2,1-7H3;7-8,14H,9-13H2,1-6H3,(H,19,23);2-5,9-10H,1H3/b9-8+;8-7+;. The SMILES string of the molecule is CC(C)(C)[Si](C)(C)OC/C=C/c1c[nH]c(=O)c(N2CCN(S(C)(=O)=O)CC2)n1.COc1ccc(-n2cc(/C=C/CO[Si](C)(C)C(C)(C)C)nc(N3CCN(S(C)(=O)=O)CC3)c2=O)cc1.COc1ccc(B(O)O)cc1. The van der Waals surface area contributed by atoms with E-state index in [4.69, 9.17) is 28.4 Å². The summed E-state index contributed by atoms with van der Waals surface area (Å²) in [5.41, 5.74) is 1.87. The largest absolute Gasteiger partial charge is 0.497 e. The van der Waals surface area contributed by atoms with E-state index in [1.807, 2.05) is 46.2 Å². The fourth-order valence-electron chi connectivity index (χ4n) is 6.95. The van der Waals surface area contributed by atoms with E-state index in [2.05, 4.69) is 82.7 Å². The van der Waals surface area contributed by atoms with E-state index < -0.39 is 43.8 Å². The Morgan fingerprint density at radius 3 is 1.44 bits per heavy atom. The van der Waals surface area contributed by atoms with Crippen LogP contribution in [0.3, 0.4) is 0 Å². The minimum absolute atomic E-state index is 0.113. The van der Waals surface area contributed by atoms with Crippen LogP contribution in [-0.4, -0.2) is 171 Å². The van der Waals surface area contributed by atoms with Gasteiger partial charge < -0.3 is 43.2 Å². The summed E-state index contributed by atoms with van der Waals surface area (Å²) in [5.74, 6) is 2.02. The van der Waals surface area contributed by atoms with Crippen molar-refractivity contribution in [3.05, 3.63) is 105 Å². The molecule has 0 amide bonds. The van der Waals surface area contributed by atoms with Gasteiger partial charge in [-0.05, 0) is 90.3 Å². The van der Waals surface area contributed by atoms with Gasteiger partial charge in [0.2, 0.25) is 20.0 Å². The summed E-state index contributed by atoms with van der Waals surface area (Å²) in [5, 5.41) is 17.7. The average Bonchev–Trinajstić information content (AvgIpc) is 3.34. The van der Waals surface area contributed by atoms with E-state index in [0.717, 1.165) is 0 Å². The topological polar surface area (TPSA) is 239 Å². The number of methoxy groups -OCH3 is 2. The van der Waals surface area contributed by atoms with Crippen molar-refractivity contribution in [1.29, 1.82) is 0 Å². The molecule has 2 saturated heterocycles. The Kier molecular flexibility index (Phi) is 22.0. The third-order valence-electron chi connectivity index (χ3n) is 13.7. The number of rotatable bonds is 16. The summed E-state index contributed by atoms with van der Waals surface area (Å²) < 4.78 is 74.0. The number of aromatic nitrogens is 4. The minimum Gasteiger partial charge on any atom is -0.497 e. The Balaban J connectivity index is 0.000000275. The molecule has 414 valence electrons. The van der Waals surface area contributed by atoms with Crippen molar-refractivity contribution in [2.45, 2.75) is 77.8 Å². The van der Waals surface area contributed by atoms with Crippen molar-refractivity contribution in [1.82, 2.24) is 28.1 Å². The summed E-state index contributed by atoms with van der Waals surface area (Å²) in [6, 6.07) is 13.8. The molecule has 0 unspecified atom stereocenters. The van der Waals surface area contributed by atoms with Crippen LogP contribution in [0.5, 0.6) is 11.5 Å². The molecule has 0 saturated carbocycles. The first kappa shape index (κ1) is 62.6. The molecule has 2 aromatic heterocycles. The van der Waals surface area contributed by atoms with Crippen LogP contribution in [0.1, 0.15) is 52.9 Å². The van der Waals surface area contributed by atoms with Crippen LogP contribution >= 0.6 is 0 Å². The number of benzene rings is 2. The first-order valence-electron chi connectivity index (χ1n) is 24.7. The second-order valence-electron chi connectivity index (χ2n) is 21.2. The number of hydrogen-bond acceptors (Lipinski definition) is 16. The molecule has 2 aliphatic heterocycles. The summed E-state index contributed by atoms with van der Waals surface area (Å²) in [6.45, 7) is 25.9. The smallest absolute Gasteiger partial charge is 0.488 e. The molecule has 25 heteroatoms. The summed E-state index contributed by atoms with van der Waals surface area (Å²) in [6.07, 6.45) is 13.2. The number of hydrogen-bond donors (Lipinski definition) is 3. The molecule has 0 radical (unpaired) electrons. The highest BCUT2D eigenvalue weighted by atomic mass is 32.2. The summed E-state index contributed by atoms with van der Waals surface area (Å²) >= 11 is 0. The number of ether oxygens (including phenoxy) is 2. The molecule has 0 spiro atoms. The fourth-order valence-corrected chi connectivity index (χ4v) is 10.5. The molecule has 20 nitrogen and oxygen atoms in total. The zero-order valence-corrected chi connectivity index (χ0v) is 49.8. The lowest BCUT2D eigenvalue weighted by molar-refractivity contribution is 0.328. The predicted octanol–water partition coefficient (Wildman–Crippen LogP) is 4.62. The van der Waals surface area contributed by atoms with Crippen molar-refractivity contribution in [2.75, 3.05) is 102 Å². The van der Waals surface area contributed by atoms with Gasteiger partial charge in [0.05, 0.1) is 51.3 Å². The lowest BCUT2D eigenvalue weighted by atomic mass is 9.80. The Labute approximate surface area is 446 Å². The van der Waals surface area contributed by atoms with Gasteiger partial charge in [-0.1, -0.05) is 65.8 Å². The molecule has 3 N–H and O–H groups in total. The fraction of sp³-hybridized carbons (Fsp3) is 0.520. The second kappa shape index (κ2) is 26.4. The molecule has 0 aliphatic carbocycles. The van der Waals surface area contributed by atoms with Crippen molar-refractivity contribution in [3.8, 4) is 17.2 Å². The molecule has 2 aliphatic rings. The van der Waals surface area contributed by atoms with Gasteiger partial charge in [-0.3, -0.25) is 14.2 Å². The van der Waals surface area contributed by atoms with E-state index in [0.29, 0.717) is 111 Å². The van der Waals surface area contributed by atoms with Crippen molar-refractivity contribution < 1.29 is 45.2 Å². The zero-order valence-electron chi connectivity index (χ0n) is 46.2. The highest BCUT2D eigenvalue weighted by Gasteiger charge is 2.38. The molecule has 2 fully saturated rings. The molecule has 2 aromatic carbocycles. The number of sulfonamides is 2. The van der Waals surface area contributed by atoms with Crippen LogP contribution in [0.2, 0.25) is 36.3 Å². The normalized spacial score (nSPS) is 15.6. The number of piperazine rings is 2. The first-order valence-corrected chi connectivity index (χ1v) is 34.2. The van der Waals surface area contributed by atoms with Gasteiger partial charge in [-0.15, -0.1) is 0 Å². The van der Waals surface area contributed by atoms with Crippen LogP contribution < -0.4 is 35.9 Å². The Hall–Kier alpha value is -4.96. The maximum absolute atomic E-state index is 13.5. The van der Waals surface area contributed by atoms with Crippen molar-refractivity contribution >= 4 is 73.1 Å². The molecule has 4 heterocycles. The molecule has 0 atom stereocenters. The van der Waals surface area contributed by atoms with E-state index in [1.54, 1.807) is 67.6 Å². The number of nitrogens with one attached hydrogen (secondary N) is 1. The number of anilines is 2. The highest BCUT2D eigenvalue weighted by Crippen LogP contribution is 2.37. The first-order chi connectivity index (χ1) is 34.8. The second-order valence-corrected chi connectivity index (χ2v) is 34.8. The van der Waals surface area contributed by atoms with Crippen LogP contribution in [0.15, 0.2) is 82.7 Å². The lowest BCUT2D eigenvalue weighted by Gasteiger charge is -2.35. The average molecular weight is 1120 g/mol. The molecule has 6 rings (SSSR count). The van der Waals surface area contributed by atoms with Gasteiger partial charge in [0, 0.05) is 70.4 Å². The number of nitrogens with zero attached hydrogens (tertiary/aromatic N) is 7. The van der Waals surface area contributed by atoms with Crippen LogP contribution in [0, 0.1) is 0 Å². The predicted molar refractivity (Wildman–Crippen MR) is 306 cm³/mol. The lowest BCUT2D eigenvalue weighted by Crippen LogP contribution is -2.50. The molecular weight excluding hydrogens is 1040 g/mol. The maximum Gasteiger partial charge on any atom is 0.488 e. The van der Waals surface area contributed by atoms with E-state index in [-0.39, 0.29) is 21.2 Å². The third-order valence-corrected chi connectivity index (χ3v) is 25.4.